The highest BCUT2D eigenvalue weighted by molar-refractivity contribution is 8.01. The molecule has 18 heavy (non-hydrogen) atoms. The Morgan fingerprint density at radius 3 is 2.94 bits per heavy atom. The number of hydrogen-bond acceptors (Lipinski definition) is 5. The molecule has 1 aliphatic rings. The number of nitrogens with zero attached hydrogens (tertiary/aromatic N) is 2. The van der Waals surface area contributed by atoms with Crippen LogP contribution in [0.2, 0.25) is 0 Å². The first kappa shape index (κ1) is 11.7. The van der Waals surface area contributed by atoms with Crippen LogP contribution in [0.4, 0.5) is 5.13 Å². The van der Waals surface area contributed by atoms with Gasteiger partial charge in [-0.25, -0.2) is 0 Å². The first-order valence-corrected chi connectivity index (χ1v) is 7.27. The summed E-state index contributed by atoms with van der Waals surface area (Å²) in [6.45, 7) is 1.87. The number of carbonyl (C=O) groups is 1. The summed E-state index contributed by atoms with van der Waals surface area (Å²) >= 11 is 3.01. The summed E-state index contributed by atoms with van der Waals surface area (Å²) in [4.78, 5) is 13.3. The maximum absolute atomic E-state index is 12.1. The Hall–Kier alpha value is -1.40. The van der Waals surface area contributed by atoms with Crippen LogP contribution in [0.1, 0.15) is 10.6 Å². The number of rotatable bonds is 2. The Morgan fingerprint density at radius 2 is 2.22 bits per heavy atom. The van der Waals surface area contributed by atoms with Crippen LogP contribution in [0.5, 0.6) is 0 Å². The average Bonchev–Trinajstić information content (AvgIpc) is 2.95. The molecule has 1 aromatic carbocycles. The first-order valence-electron chi connectivity index (χ1n) is 5.58. The third-order valence-electron chi connectivity index (χ3n) is 2.70. The molecule has 0 saturated carbocycles. The van der Waals surface area contributed by atoms with Crippen LogP contribution in [0, 0.1) is 6.92 Å². The van der Waals surface area contributed by atoms with E-state index in [1.165, 1.54) is 21.8 Å². The van der Waals surface area contributed by atoms with Crippen molar-refractivity contribution in [1.82, 2.24) is 10.2 Å². The van der Waals surface area contributed by atoms with Gasteiger partial charge < -0.3 is 0 Å². The summed E-state index contributed by atoms with van der Waals surface area (Å²) < 4.78 is 0. The Labute approximate surface area is 113 Å². The molecule has 1 aliphatic heterocycles. The van der Waals surface area contributed by atoms with Crippen molar-refractivity contribution < 1.29 is 4.79 Å². The molecule has 1 amide bonds. The summed E-state index contributed by atoms with van der Waals surface area (Å²) in [6, 6.07) is 8.14. The Kier molecular flexibility index (Phi) is 3.05. The molecule has 1 N–H and O–H groups in total. The fourth-order valence-corrected chi connectivity index (χ4v) is 3.65. The molecule has 0 bridgehead atoms. The van der Waals surface area contributed by atoms with Crippen molar-refractivity contribution in [2.45, 2.75) is 23.5 Å². The lowest BCUT2D eigenvalue weighted by Crippen LogP contribution is -2.24. The highest BCUT2D eigenvalue weighted by Crippen LogP contribution is 2.37. The zero-order chi connectivity index (χ0) is 12.5. The zero-order valence-electron chi connectivity index (χ0n) is 9.71. The van der Waals surface area contributed by atoms with Crippen LogP contribution in [-0.2, 0) is 11.2 Å². The molecule has 6 heteroatoms. The third-order valence-corrected chi connectivity index (χ3v) is 4.77. The molecule has 0 aliphatic carbocycles. The number of anilines is 1. The number of thioether (sulfide) groups is 1. The smallest absolute Gasteiger partial charge is 0.240 e. The van der Waals surface area contributed by atoms with Crippen molar-refractivity contribution >= 4 is 34.1 Å². The predicted octanol–water partition coefficient (Wildman–Crippen LogP) is 2.50. The SMILES string of the molecule is Cc1nnc(NC(=O)C2Cc3ccccc3S2)s1. The number of benzene rings is 1. The Bertz CT molecular complexity index is 572. The van der Waals surface area contributed by atoms with Crippen LogP contribution in [0.25, 0.3) is 0 Å². The molecule has 0 fully saturated rings. The number of hydrogen-bond donors (Lipinski definition) is 1. The first-order chi connectivity index (χ1) is 8.72. The van der Waals surface area contributed by atoms with E-state index in [4.69, 9.17) is 0 Å². The topological polar surface area (TPSA) is 54.9 Å². The van der Waals surface area contributed by atoms with Gasteiger partial charge in [0, 0.05) is 4.90 Å². The van der Waals surface area contributed by atoms with Crippen LogP contribution in [-0.4, -0.2) is 21.4 Å². The number of aryl methyl sites for hydroxylation is 1. The Balaban J connectivity index is 1.69. The molecule has 1 unspecified atom stereocenters. The second-order valence-corrected chi connectivity index (χ2v) is 6.46. The van der Waals surface area contributed by atoms with Gasteiger partial charge in [0.1, 0.15) is 5.01 Å². The standard InChI is InChI=1S/C12H11N3OS2/c1-7-14-15-12(17-7)13-11(16)10-6-8-4-2-3-5-9(8)18-10/h2-5,10H,6H2,1H3,(H,13,15,16). The second-order valence-electron chi connectivity index (χ2n) is 4.03. The summed E-state index contributed by atoms with van der Waals surface area (Å²) in [7, 11) is 0. The highest BCUT2D eigenvalue weighted by atomic mass is 32.2. The van der Waals surface area contributed by atoms with Crippen molar-refractivity contribution in [3.8, 4) is 0 Å². The summed E-state index contributed by atoms with van der Waals surface area (Å²) in [6.07, 6.45) is 0.782. The van der Waals surface area contributed by atoms with E-state index in [1.54, 1.807) is 11.8 Å². The maximum atomic E-state index is 12.1. The van der Waals surface area contributed by atoms with Crippen molar-refractivity contribution in [3.05, 3.63) is 34.8 Å². The fraction of sp³-hybridized carbons (Fsp3) is 0.250. The molecule has 1 atom stereocenters. The van der Waals surface area contributed by atoms with Gasteiger partial charge in [-0.05, 0) is 25.0 Å². The van der Waals surface area contributed by atoms with Gasteiger partial charge in [-0.15, -0.1) is 22.0 Å². The average molecular weight is 277 g/mol. The van der Waals surface area contributed by atoms with E-state index in [-0.39, 0.29) is 11.2 Å². The molecule has 1 aromatic heterocycles. The van der Waals surface area contributed by atoms with E-state index < -0.39 is 0 Å². The summed E-state index contributed by atoms with van der Waals surface area (Å²) in [5, 5.41) is 12.0. The monoisotopic (exact) mass is 277 g/mol. The largest absolute Gasteiger partial charge is 0.300 e. The summed E-state index contributed by atoms with van der Waals surface area (Å²) in [5.41, 5.74) is 1.25. The highest BCUT2D eigenvalue weighted by Gasteiger charge is 2.28. The van der Waals surface area contributed by atoms with Crippen molar-refractivity contribution in [2.75, 3.05) is 5.32 Å². The van der Waals surface area contributed by atoms with Gasteiger partial charge in [-0.3, -0.25) is 10.1 Å². The molecular formula is C12H11N3OS2. The number of aromatic nitrogens is 2. The molecule has 0 radical (unpaired) electrons. The zero-order valence-corrected chi connectivity index (χ0v) is 11.3. The quantitative estimate of drug-likeness (QED) is 0.916. The van der Waals surface area contributed by atoms with Crippen molar-refractivity contribution in [1.29, 1.82) is 0 Å². The van der Waals surface area contributed by atoms with E-state index in [0.29, 0.717) is 5.13 Å². The molecule has 0 saturated heterocycles. The number of fused-ring (bicyclic) bond motifs is 1. The van der Waals surface area contributed by atoms with Crippen LogP contribution in [0.3, 0.4) is 0 Å². The minimum Gasteiger partial charge on any atom is -0.300 e. The number of nitrogens with one attached hydrogen (secondary N) is 1. The molecule has 0 spiro atoms. The van der Waals surface area contributed by atoms with E-state index >= 15 is 0 Å². The van der Waals surface area contributed by atoms with Gasteiger partial charge in [0.25, 0.3) is 0 Å². The van der Waals surface area contributed by atoms with E-state index in [2.05, 4.69) is 27.6 Å². The molecule has 2 heterocycles. The van der Waals surface area contributed by atoms with Gasteiger partial charge in [0.05, 0.1) is 5.25 Å². The lowest BCUT2D eigenvalue weighted by atomic mass is 10.1. The number of carbonyl (C=O) groups excluding carboxylic acids is 1. The molecule has 2 aromatic rings. The third kappa shape index (κ3) is 2.26. The minimum absolute atomic E-state index is 0.00681. The van der Waals surface area contributed by atoms with Crippen LogP contribution < -0.4 is 5.32 Å². The minimum atomic E-state index is -0.0633. The molecule has 4 nitrogen and oxygen atoms in total. The summed E-state index contributed by atoms with van der Waals surface area (Å²) in [5.74, 6) is 0.00681. The molecular weight excluding hydrogens is 266 g/mol. The Morgan fingerprint density at radius 1 is 1.39 bits per heavy atom. The lowest BCUT2D eigenvalue weighted by molar-refractivity contribution is -0.115. The lowest BCUT2D eigenvalue weighted by Gasteiger charge is -2.06. The maximum Gasteiger partial charge on any atom is 0.240 e. The van der Waals surface area contributed by atoms with E-state index in [0.717, 1.165) is 11.4 Å². The normalized spacial score (nSPS) is 17.5. The van der Waals surface area contributed by atoms with Crippen molar-refractivity contribution in [2.24, 2.45) is 0 Å². The second kappa shape index (κ2) is 4.70. The van der Waals surface area contributed by atoms with Gasteiger partial charge in [-0.2, -0.15) is 0 Å². The van der Waals surface area contributed by atoms with Crippen molar-refractivity contribution in [3.63, 3.8) is 0 Å². The molecule has 3 rings (SSSR count). The fourth-order valence-electron chi connectivity index (χ4n) is 1.86. The van der Waals surface area contributed by atoms with Gasteiger partial charge in [0.2, 0.25) is 11.0 Å². The van der Waals surface area contributed by atoms with Gasteiger partial charge >= 0.3 is 0 Å². The number of amides is 1. The van der Waals surface area contributed by atoms with Crippen LogP contribution in [0.15, 0.2) is 29.2 Å². The predicted molar refractivity (Wildman–Crippen MR) is 73.1 cm³/mol. The van der Waals surface area contributed by atoms with Crippen LogP contribution >= 0.6 is 23.1 Å². The van der Waals surface area contributed by atoms with Gasteiger partial charge in [-0.1, -0.05) is 29.5 Å². The van der Waals surface area contributed by atoms with E-state index in [9.17, 15) is 4.79 Å². The molecule has 92 valence electrons. The van der Waals surface area contributed by atoms with E-state index in [1.807, 2.05) is 19.1 Å². The van der Waals surface area contributed by atoms with Gasteiger partial charge in [0.15, 0.2) is 0 Å².